The van der Waals surface area contributed by atoms with Gasteiger partial charge in [-0.25, -0.2) is 4.39 Å². The van der Waals surface area contributed by atoms with Crippen LogP contribution in [0.15, 0.2) is 48.5 Å². The first-order valence-electron chi connectivity index (χ1n) is 11.7. The first-order valence-corrected chi connectivity index (χ1v) is 11.7. The third kappa shape index (κ3) is 6.37. The van der Waals surface area contributed by atoms with Gasteiger partial charge in [0.25, 0.3) is 0 Å². The number of ketones is 1. The Balaban J connectivity index is 1.54. The summed E-state index contributed by atoms with van der Waals surface area (Å²) in [5.41, 5.74) is 1.81. The Morgan fingerprint density at radius 1 is 0.938 bits per heavy atom. The van der Waals surface area contributed by atoms with Crippen LogP contribution in [0.5, 0.6) is 5.75 Å². The molecule has 0 aliphatic carbocycles. The van der Waals surface area contributed by atoms with Crippen LogP contribution in [0.1, 0.15) is 42.7 Å². The van der Waals surface area contributed by atoms with Gasteiger partial charge < -0.3 is 10.0 Å². The van der Waals surface area contributed by atoms with Crippen LogP contribution in [0.2, 0.25) is 0 Å². The molecule has 5 nitrogen and oxygen atoms in total. The molecule has 1 heterocycles. The van der Waals surface area contributed by atoms with Crippen molar-refractivity contribution in [1.29, 1.82) is 0 Å². The van der Waals surface area contributed by atoms with Crippen molar-refractivity contribution in [3.63, 3.8) is 0 Å². The van der Waals surface area contributed by atoms with E-state index in [0.29, 0.717) is 5.56 Å². The SMILES string of the molecule is CCN(CC)C(CN1CCN(CC(C)C(=O)c2ccc(O)cc2)CC1)c1ccc(F)cc1. The molecular weight excluding hydrogens is 405 g/mol. The van der Waals surface area contributed by atoms with Gasteiger partial charge in [-0.1, -0.05) is 32.9 Å². The number of phenolic OH excluding ortho intramolecular Hbond substituents is 1. The smallest absolute Gasteiger partial charge is 0.166 e. The molecule has 1 fully saturated rings. The van der Waals surface area contributed by atoms with Crippen molar-refractivity contribution >= 4 is 5.78 Å². The van der Waals surface area contributed by atoms with E-state index in [2.05, 4.69) is 28.5 Å². The van der Waals surface area contributed by atoms with Gasteiger partial charge in [-0.3, -0.25) is 14.6 Å². The lowest BCUT2D eigenvalue weighted by molar-refractivity contribution is 0.0754. The Bertz CT molecular complexity index is 844. The van der Waals surface area contributed by atoms with E-state index in [-0.39, 0.29) is 29.3 Å². The maximum atomic E-state index is 13.4. The van der Waals surface area contributed by atoms with Crippen LogP contribution in [0.3, 0.4) is 0 Å². The molecule has 174 valence electrons. The Hall–Kier alpha value is -2.28. The van der Waals surface area contributed by atoms with Gasteiger partial charge in [0, 0.05) is 56.8 Å². The minimum atomic E-state index is -0.198. The molecule has 1 N–H and O–H groups in total. The number of piperazine rings is 1. The van der Waals surface area contributed by atoms with Crippen LogP contribution in [0, 0.1) is 11.7 Å². The van der Waals surface area contributed by atoms with E-state index in [0.717, 1.165) is 57.9 Å². The summed E-state index contributed by atoms with van der Waals surface area (Å²) in [7, 11) is 0. The standard InChI is InChI=1S/C26H36FN3O2/c1-4-30(5-2)25(21-6-10-23(27)11-7-21)19-29-16-14-28(15-17-29)18-20(3)26(32)22-8-12-24(31)13-9-22/h6-13,20,25,31H,4-5,14-19H2,1-3H3. The summed E-state index contributed by atoms with van der Waals surface area (Å²) >= 11 is 0. The monoisotopic (exact) mass is 441 g/mol. The molecule has 0 saturated carbocycles. The first kappa shape index (κ1) is 24.4. The number of nitrogens with zero attached hydrogens (tertiary/aromatic N) is 3. The van der Waals surface area contributed by atoms with Crippen LogP contribution >= 0.6 is 0 Å². The lowest BCUT2D eigenvalue weighted by atomic mass is 9.98. The van der Waals surface area contributed by atoms with Gasteiger partial charge in [-0.2, -0.15) is 0 Å². The highest BCUT2D eigenvalue weighted by atomic mass is 19.1. The fourth-order valence-electron chi connectivity index (χ4n) is 4.56. The average molecular weight is 442 g/mol. The van der Waals surface area contributed by atoms with Crippen molar-refractivity contribution < 1.29 is 14.3 Å². The summed E-state index contributed by atoms with van der Waals surface area (Å²) in [6, 6.07) is 13.7. The zero-order valence-corrected chi connectivity index (χ0v) is 19.5. The third-order valence-corrected chi connectivity index (χ3v) is 6.54. The number of benzene rings is 2. The maximum Gasteiger partial charge on any atom is 0.166 e. The molecule has 3 rings (SSSR count). The summed E-state index contributed by atoms with van der Waals surface area (Å²) in [5.74, 6) is 0.00433. The fraction of sp³-hybridized carbons (Fsp3) is 0.500. The molecule has 32 heavy (non-hydrogen) atoms. The fourth-order valence-corrected chi connectivity index (χ4v) is 4.56. The quantitative estimate of drug-likeness (QED) is 0.564. The second-order valence-corrected chi connectivity index (χ2v) is 8.70. The molecule has 2 aromatic rings. The summed E-state index contributed by atoms with van der Waals surface area (Å²) < 4.78 is 13.4. The van der Waals surface area contributed by atoms with E-state index in [1.165, 1.54) is 0 Å². The van der Waals surface area contributed by atoms with E-state index in [4.69, 9.17) is 0 Å². The lowest BCUT2D eigenvalue weighted by Crippen LogP contribution is -2.50. The van der Waals surface area contributed by atoms with Crippen LogP contribution in [-0.2, 0) is 0 Å². The van der Waals surface area contributed by atoms with E-state index in [1.54, 1.807) is 36.4 Å². The highest BCUT2D eigenvalue weighted by Crippen LogP contribution is 2.23. The van der Waals surface area contributed by atoms with Crippen molar-refractivity contribution in [3.8, 4) is 5.75 Å². The molecule has 0 spiro atoms. The Labute approximate surface area is 191 Å². The molecular formula is C26H36FN3O2. The molecule has 0 radical (unpaired) electrons. The van der Waals surface area contributed by atoms with Gasteiger partial charge in [-0.05, 0) is 55.1 Å². The molecule has 0 amide bonds. The number of carbonyl (C=O) groups excluding carboxylic acids is 1. The predicted molar refractivity (Wildman–Crippen MR) is 127 cm³/mol. The van der Waals surface area contributed by atoms with Gasteiger partial charge in [0.15, 0.2) is 5.78 Å². The molecule has 0 aromatic heterocycles. The topological polar surface area (TPSA) is 47.0 Å². The normalized spacial score (nSPS) is 17.4. The second kappa shape index (κ2) is 11.5. The first-order chi connectivity index (χ1) is 15.4. The number of carbonyl (C=O) groups is 1. The Morgan fingerprint density at radius 3 is 2.00 bits per heavy atom. The Morgan fingerprint density at radius 2 is 1.47 bits per heavy atom. The number of aromatic hydroxyl groups is 1. The number of phenols is 1. The number of Topliss-reactive ketones (excluding diaryl/α,β-unsaturated/α-hetero) is 1. The molecule has 1 aliphatic rings. The predicted octanol–water partition coefficient (Wildman–Crippen LogP) is 4.05. The van der Waals surface area contributed by atoms with Crippen LogP contribution in [-0.4, -0.2) is 77.9 Å². The van der Waals surface area contributed by atoms with Crippen molar-refractivity contribution in [2.75, 3.05) is 52.4 Å². The van der Waals surface area contributed by atoms with Crippen LogP contribution < -0.4 is 0 Å². The number of likely N-dealkylation sites (N-methyl/N-ethyl adjacent to an activating group) is 1. The maximum absolute atomic E-state index is 13.4. The molecule has 0 bridgehead atoms. The van der Waals surface area contributed by atoms with E-state index in [9.17, 15) is 14.3 Å². The van der Waals surface area contributed by atoms with Gasteiger partial charge in [0.1, 0.15) is 11.6 Å². The zero-order chi connectivity index (χ0) is 23.1. The third-order valence-electron chi connectivity index (χ3n) is 6.54. The zero-order valence-electron chi connectivity index (χ0n) is 19.5. The highest BCUT2D eigenvalue weighted by molar-refractivity contribution is 5.97. The van der Waals surface area contributed by atoms with Gasteiger partial charge in [0.2, 0.25) is 0 Å². The number of halogens is 1. The van der Waals surface area contributed by atoms with Crippen molar-refractivity contribution in [3.05, 3.63) is 65.5 Å². The number of rotatable bonds is 10. The van der Waals surface area contributed by atoms with E-state index >= 15 is 0 Å². The highest BCUT2D eigenvalue weighted by Gasteiger charge is 2.26. The minimum absolute atomic E-state index is 0.0891. The summed E-state index contributed by atoms with van der Waals surface area (Å²) in [5, 5.41) is 9.43. The average Bonchev–Trinajstić information content (AvgIpc) is 2.81. The summed E-state index contributed by atoms with van der Waals surface area (Å²) in [6.45, 7) is 13.7. The Kier molecular flexibility index (Phi) is 8.79. The van der Waals surface area contributed by atoms with Crippen molar-refractivity contribution in [1.82, 2.24) is 14.7 Å². The van der Waals surface area contributed by atoms with Gasteiger partial charge in [0.05, 0.1) is 0 Å². The molecule has 2 aromatic carbocycles. The number of hydrogen-bond acceptors (Lipinski definition) is 5. The van der Waals surface area contributed by atoms with Crippen molar-refractivity contribution in [2.24, 2.45) is 5.92 Å². The number of hydrogen-bond donors (Lipinski definition) is 1. The van der Waals surface area contributed by atoms with Crippen molar-refractivity contribution in [2.45, 2.75) is 26.8 Å². The largest absolute Gasteiger partial charge is 0.508 e. The lowest BCUT2D eigenvalue weighted by Gasteiger charge is -2.39. The molecule has 1 aliphatic heterocycles. The van der Waals surface area contributed by atoms with E-state index in [1.807, 2.05) is 19.1 Å². The summed E-state index contributed by atoms with van der Waals surface area (Å²) in [6.07, 6.45) is 0. The molecule has 2 atom stereocenters. The van der Waals surface area contributed by atoms with E-state index < -0.39 is 0 Å². The van der Waals surface area contributed by atoms with Gasteiger partial charge in [-0.15, -0.1) is 0 Å². The van der Waals surface area contributed by atoms with Crippen LogP contribution in [0.25, 0.3) is 0 Å². The summed E-state index contributed by atoms with van der Waals surface area (Å²) in [4.78, 5) is 20.0. The van der Waals surface area contributed by atoms with Crippen LogP contribution in [0.4, 0.5) is 4.39 Å². The van der Waals surface area contributed by atoms with Gasteiger partial charge >= 0.3 is 0 Å². The molecule has 1 saturated heterocycles. The minimum Gasteiger partial charge on any atom is -0.508 e. The second-order valence-electron chi connectivity index (χ2n) is 8.70. The molecule has 6 heteroatoms. The molecule has 2 unspecified atom stereocenters.